The van der Waals surface area contributed by atoms with E-state index in [9.17, 15) is 9.50 Å². The van der Waals surface area contributed by atoms with Crippen LogP contribution in [0.25, 0.3) is 0 Å². The number of nitrogens with zero attached hydrogens (tertiary/aromatic N) is 2. The third-order valence-corrected chi connectivity index (χ3v) is 4.95. The van der Waals surface area contributed by atoms with Crippen LogP contribution in [-0.4, -0.2) is 42.2 Å². The van der Waals surface area contributed by atoms with Gasteiger partial charge in [0, 0.05) is 32.2 Å². The number of aliphatic hydroxyl groups excluding tert-OH is 1. The van der Waals surface area contributed by atoms with Crippen molar-refractivity contribution in [3.8, 4) is 0 Å². The van der Waals surface area contributed by atoms with Gasteiger partial charge in [-0.05, 0) is 37.5 Å². The highest BCUT2D eigenvalue weighted by atomic mass is 19.1. The van der Waals surface area contributed by atoms with Gasteiger partial charge in [0.25, 0.3) is 0 Å². The van der Waals surface area contributed by atoms with E-state index in [1.807, 2.05) is 12.1 Å². The molecule has 116 valence electrons. The second-order valence-electron chi connectivity index (χ2n) is 6.35. The van der Waals surface area contributed by atoms with E-state index in [-0.39, 0.29) is 5.82 Å². The number of piperazine rings is 1. The summed E-state index contributed by atoms with van der Waals surface area (Å²) >= 11 is 0. The van der Waals surface area contributed by atoms with E-state index in [2.05, 4.69) is 9.80 Å². The number of hydrogen-bond acceptors (Lipinski definition) is 3. The Morgan fingerprint density at radius 3 is 2.38 bits per heavy atom. The Bertz CT molecular complexity index is 478. The molecule has 0 bridgehead atoms. The van der Waals surface area contributed by atoms with Crippen LogP contribution in [0.2, 0.25) is 0 Å². The van der Waals surface area contributed by atoms with Gasteiger partial charge in [-0.25, -0.2) is 4.39 Å². The molecule has 0 radical (unpaired) electrons. The highest BCUT2D eigenvalue weighted by molar-refractivity contribution is 5.50. The molecule has 1 aromatic carbocycles. The van der Waals surface area contributed by atoms with Gasteiger partial charge in [-0.1, -0.05) is 18.9 Å². The van der Waals surface area contributed by atoms with Gasteiger partial charge < -0.3 is 10.0 Å². The summed E-state index contributed by atoms with van der Waals surface area (Å²) in [5.41, 5.74) is 1.31. The first-order valence-corrected chi connectivity index (χ1v) is 8.11. The molecule has 1 aliphatic carbocycles. The average Bonchev–Trinajstić information content (AvgIpc) is 3.01. The fourth-order valence-corrected chi connectivity index (χ4v) is 3.64. The molecule has 0 spiro atoms. The quantitative estimate of drug-likeness (QED) is 0.928. The van der Waals surface area contributed by atoms with Crippen molar-refractivity contribution in [2.45, 2.75) is 44.8 Å². The molecule has 1 saturated carbocycles. The van der Waals surface area contributed by atoms with Crippen LogP contribution < -0.4 is 4.90 Å². The molecule has 3 nitrogen and oxygen atoms in total. The van der Waals surface area contributed by atoms with E-state index in [4.69, 9.17) is 0 Å². The molecular formula is C17H25FN2O. The van der Waals surface area contributed by atoms with Crippen LogP contribution in [-0.2, 0) is 0 Å². The second kappa shape index (κ2) is 6.32. The SMILES string of the molecule is C[C@H](O)c1ccc(N2CCN(C3CCCC3)CC2)c(F)c1. The minimum absolute atomic E-state index is 0.220. The molecule has 2 fully saturated rings. The number of anilines is 1. The number of hydrogen-bond donors (Lipinski definition) is 1. The zero-order valence-electron chi connectivity index (χ0n) is 12.8. The van der Waals surface area contributed by atoms with E-state index in [1.54, 1.807) is 6.92 Å². The van der Waals surface area contributed by atoms with Crippen molar-refractivity contribution < 1.29 is 9.50 Å². The zero-order valence-corrected chi connectivity index (χ0v) is 12.8. The van der Waals surface area contributed by atoms with Crippen LogP contribution >= 0.6 is 0 Å². The molecule has 4 heteroatoms. The van der Waals surface area contributed by atoms with Gasteiger partial charge in [0.05, 0.1) is 11.8 Å². The third kappa shape index (κ3) is 3.22. The predicted molar refractivity (Wildman–Crippen MR) is 83.1 cm³/mol. The summed E-state index contributed by atoms with van der Waals surface area (Å²) in [6.07, 6.45) is 4.77. The van der Waals surface area contributed by atoms with Crippen LogP contribution in [0.15, 0.2) is 18.2 Å². The van der Waals surface area contributed by atoms with Gasteiger partial charge in [0.15, 0.2) is 0 Å². The van der Waals surface area contributed by atoms with Crippen molar-refractivity contribution >= 4 is 5.69 Å². The second-order valence-corrected chi connectivity index (χ2v) is 6.35. The van der Waals surface area contributed by atoms with Crippen LogP contribution in [0.4, 0.5) is 10.1 Å². The van der Waals surface area contributed by atoms with Crippen molar-refractivity contribution in [3.63, 3.8) is 0 Å². The molecule has 0 amide bonds. The fourth-order valence-electron chi connectivity index (χ4n) is 3.64. The standard InChI is InChI=1S/C17H25FN2O/c1-13(21)14-6-7-17(16(18)12-14)20-10-8-19(9-11-20)15-4-2-3-5-15/h6-7,12-13,15,21H,2-5,8-11H2,1H3/t13-/m0/s1. The molecular weight excluding hydrogens is 267 g/mol. The van der Waals surface area contributed by atoms with Crippen molar-refractivity contribution in [1.29, 1.82) is 0 Å². The minimum Gasteiger partial charge on any atom is -0.389 e. The summed E-state index contributed by atoms with van der Waals surface area (Å²) in [5, 5.41) is 9.52. The first kappa shape index (κ1) is 14.8. The zero-order chi connectivity index (χ0) is 14.8. The molecule has 1 atom stereocenters. The number of benzene rings is 1. The van der Waals surface area contributed by atoms with Gasteiger partial charge in [0.1, 0.15) is 5.82 Å². The summed E-state index contributed by atoms with van der Waals surface area (Å²) in [5.74, 6) is -0.220. The minimum atomic E-state index is -0.618. The summed E-state index contributed by atoms with van der Waals surface area (Å²) in [4.78, 5) is 4.71. The Balaban J connectivity index is 1.63. The molecule has 21 heavy (non-hydrogen) atoms. The lowest BCUT2D eigenvalue weighted by Gasteiger charge is -2.39. The van der Waals surface area contributed by atoms with Crippen molar-refractivity contribution in [3.05, 3.63) is 29.6 Å². The maximum absolute atomic E-state index is 14.2. The number of aliphatic hydroxyl groups is 1. The summed E-state index contributed by atoms with van der Waals surface area (Å²) in [6, 6.07) is 5.85. The molecule has 0 unspecified atom stereocenters. The highest BCUT2D eigenvalue weighted by Gasteiger charge is 2.27. The molecule has 1 saturated heterocycles. The first-order chi connectivity index (χ1) is 10.1. The summed E-state index contributed by atoms with van der Waals surface area (Å²) in [7, 11) is 0. The molecule has 1 aromatic rings. The lowest BCUT2D eigenvalue weighted by Crippen LogP contribution is -2.50. The molecule has 2 aliphatic rings. The fraction of sp³-hybridized carbons (Fsp3) is 0.647. The normalized spacial score (nSPS) is 22.7. The van der Waals surface area contributed by atoms with Gasteiger partial charge in [-0.2, -0.15) is 0 Å². The summed E-state index contributed by atoms with van der Waals surface area (Å²) < 4.78 is 14.2. The predicted octanol–water partition coefficient (Wildman–Crippen LogP) is 2.94. The van der Waals surface area contributed by atoms with E-state index < -0.39 is 6.10 Å². The van der Waals surface area contributed by atoms with Gasteiger partial charge in [0.2, 0.25) is 0 Å². The maximum atomic E-state index is 14.2. The molecule has 0 aromatic heterocycles. The van der Waals surface area contributed by atoms with Crippen molar-refractivity contribution in [2.75, 3.05) is 31.1 Å². The van der Waals surface area contributed by atoms with E-state index in [0.29, 0.717) is 11.3 Å². The Labute approximate surface area is 126 Å². The molecule has 1 heterocycles. The Morgan fingerprint density at radius 2 is 1.81 bits per heavy atom. The third-order valence-electron chi connectivity index (χ3n) is 4.95. The number of rotatable bonds is 3. The van der Waals surface area contributed by atoms with E-state index in [1.165, 1.54) is 31.7 Å². The lowest BCUT2D eigenvalue weighted by molar-refractivity contribution is 0.187. The average molecular weight is 292 g/mol. The van der Waals surface area contributed by atoms with Gasteiger partial charge >= 0.3 is 0 Å². The van der Waals surface area contributed by atoms with Crippen molar-refractivity contribution in [1.82, 2.24) is 4.90 Å². The largest absolute Gasteiger partial charge is 0.389 e. The number of halogens is 1. The van der Waals surface area contributed by atoms with Crippen LogP contribution in [0.5, 0.6) is 0 Å². The Kier molecular flexibility index (Phi) is 4.45. The lowest BCUT2D eigenvalue weighted by atomic mass is 10.1. The van der Waals surface area contributed by atoms with Crippen LogP contribution in [0.3, 0.4) is 0 Å². The van der Waals surface area contributed by atoms with Gasteiger partial charge in [-0.3, -0.25) is 4.90 Å². The Hall–Kier alpha value is -1.13. The highest BCUT2D eigenvalue weighted by Crippen LogP contribution is 2.27. The summed E-state index contributed by atoms with van der Waals surface area (Å²) in [6.45, 7) is 5.50. The molecule has 1 aliphatic heterocycles. The van der Waals surface area contributed by atoms with Gasteiger partial charge in [-0.15, -0.1) is 0 Å². The molecule has 1 N–H and O–H groups in total. The smallest absolute Gasteiger partial charge is 0.146 e. The van der Waals surface area contributed by atoms with Crippen LogP contribution in [0.1, 0.15) is 44.3 Å². The van der Waals surface area contributed by atoms with Crippen molar-refractivity contribution in [2.24, 2.45) is 0 Å². The van der Waals surface area contributed by atoms with E-state index in [0.717, 1.165) is 32.2 Å². The van der Waals surface area contributed by atoms with E-state index >= 15 is 0 Å². The topological polar surface area (TPSA) is 26.7 Å². The molecule has 3 rings (SSSR count). The maximum Gasteiger partial charge on any atom is 0.146 e. The monoisotopic (exact) mass is 292 g/mol. The van der Waals surface area contributed by atoms with Crippen LogP contribution in [0, 0.1) is 5.82 Å². The Morgan fingerprint density at radius 1 is 1.14 bits per heavy atom. The first-order valence-electron chi connectivity index (χ1n) is 8.11.